The number of nitrogens with two attached hydrogens (primary N) is 1. The Kier molecular flexibility index (Phi) is 4.23. The maximum absolute atomic E-state index is 12.1. The van der Waals surface area contributed by atoms with E-state index in [0.29, 0.717) is 24.3 Å². The molecule has 1 aromatic carbocycles. The van der Waals surface area contributed by atoms with Crippen LogP contribution in [0.5, 0.6) is 0 Å². The number of carbonyl (C=O) groups is 3. The second-order valence-corrected chi connectivity index (χ2v) is 4.95. The average molecular weight is 291 g/mol. The number of aliphatic carboxylic acids is 1. The molecule has 0 spiro atoms. The van der Waals surface area contributed by atoms with Crippen molar-refractivity contribution in [2.45, 2.75) is 12.5 Å². The summed E-state index contributed by atoms with van der Waals surface area (Å²) in [4.78, 5) is 37.4. The maximum atomic E-state index is 12.1. The van der Waals surface area contributed by atoms with Gasteiger partial charge in [-0.1, -0.05) is 18.2 Å². The highest BCUT2D eigenvalue weighted by Crippen LogP contribution is 2.28. The molecule has 1 aliphatic heterocycles. The van der Waals surface area contributed by atoms with E-state index < -0.39 is 23.8 Å². The molecule has 0 saturated carbocycles. The zero-order valence-electron chi connectivity index (χ0n) is 11.7. The number of likely N-dealkylation sites (N-methyl/N-ethyl adjacent to an activating group) is 1. The van der Waals surface area contributed by atoms with Crippen LogP contribution in [0, 0.1) is 0 Å². The summed E-state index contributed by atoms with van der Waals surface area (Å²) in [7, 11) is 1.57. The van der Waals surface area contributed by atoms with E-state index in [0.717, 1.165) is 0 Å². The van der Waals surface area contributed by atoms with Gasteiger partial charge in [0.15, 0.2) is 0 Å². The van der Waals surface area contributed by atoms with Gasteiger partial charge in [-0.2, -0.15) is 0 Å². The largest absolute Gasteiger partial charge is 0.481 e. The number of carboxylic acid groups (broad SMARTS) is 1. The third-order valence-electron chi connectivity index (χ3n) is 3.46. The molecule has 0 aliphatic carbocycles. The molecule has 1 heterocycles. The van der Waals surface area contributed by atoms with Crippen molar-refractivity contribution in [1.29, 1.82) is 0 Å². The van der Waals surface area contributed by atoms with E-state index >= 15 is 0 Å². The first-order chi connectivity index (χ1) is 9.91. The van der Waals surface area contributed by atoms with Crippen LogP contribution < -0.4 is 10.6 Å². The fourth-order valence-electron chi connectivity index (χ4n) is 2.31. The number of nitrogens with zero attached hydrogens (tertiary/aromatic N) is 2. The normalized spacial score (nSPS) is 17.0. The molecular weight excluding hydrogens is 274 g/mol. The van der Waals surface area contributed by atoms with Crippen molar-refractivity contribution in [3.8, 4) is 0 Å². The smallest absolute Gasteiger partial charge is 0.316 e. The molecule has 21 heavy (non-hydrogen) atoms. The first-order valence-corrected chi connectivity index (χ1v) is 6.55. The lowest BCUT2D eigenvalue weighted by molar-refractivity contribution is -0.145. The van der Waals surface area contributed by atoms with Crippen molar-refractivity contribution in [1.82, 2.24) is 4.90 Å². The number of hydrogen-bond acceptors (Lipinski definition) is 4. The monoisotopic (exact) mass is 291 g/mol. The number of carbonyl (C=O) groups excluding carboxylic acids is 2. The molecule has 0 aromatic heterocycles. The standard InChI is InChI=1S/C14H17N3O4/c1-16-6-7-17(14(21)13(16)20)11-5-3-2-4-9(11)10(15)8-12(18)19/h2-5,10H,6-8,15H2,1H3,(H,18,19). The minimum absolute atomic E-state index is 0.243. The second-order valence-electron chi connectivity index (χ2n) is 4.95. The number of anilines is 1. The summed E-state index contributed by atoms with van der Waals surface area (Å²) in [5, 5.41) is 8.85. The Labute approximate surface area is 121 Å². The number of carboxylic acids is 1. The van der Waals surface area contributed by atoms with Gasteiger partial charge in [-0.15, -0.1) is 0 Å². The number of para-hydroxylation sites is 1. The second kappa shape index (κ2) is 5.92. The summed E-state index contributed by atoms with van der Waals surface area (Å²) >= 11 is 0. The van der Waals surface area contributed by atoms with E-state index in [1.54, 1.807) is 31.3 Å². The van der Waals surface area contributed by atoms with Crippen LogP contribution in [0.2, 0.25) is 0 Å². The molecule has 0 bridgehead atoms. The van der Waals surface area contributed by atoms with E-state index in [-0.39, 0.29) is 6.42 Å². The molecule has 1 atom stereocenters. The fourth-order valence-corrected chi connectivity index (χ4v) is 2.31. The van der Waals surface area contributed by atoms with Crippen LogP contribution in [0.4, 0.5) is 5.69 Å². The molecule has 1 fully saturated rings. The molecule has 112 valence electrons. The summed E-state index contributed by atoms with van der Waals surface area (Å²) in [6.07, 6.45) is -0.243. The number of benzene rings is 1. The van der Waals surface area contributed by atoms with Crippen LogP contribution in [0.3, 0.4) is 0 Å². The van der Waals surface area contributed by atoms with E-state index in [9.17, 15) is 14.4 Å². The quantitative estimate of drug-likeness (QED) is 0.758. The molecule has 1 saturated heterocycles. The van der Waals surface area contributed by atoms with Crippen molar-refractivity contribution < 1.29 is 19.5 Å². The Morgan fingerprint density at radius 1 is 1.29 bits per heavy atom. The number of rotatable bonds is 4. The Morgan fingerprint density at radius 3 is 2.62 bits per heavy atom. The van der Waals surface area contributed by atoms with Crippen LogP contribution in [-0.2, 0) is 14.4 Å². The first-order valence-electron chi connectivity index (χ1n) is 6.55. The molecule has 3 N–H and O–H groups in total. The van der Waals surface area contributed by atoms with E-state index in [1.165, 1.54) is 9.80 Å². The van der Waals surface area contributed by atoms with Crippen LogP contribution in [0.15, 0.2) is 24.3 Å². The van der Waals surface area contributed by atoms with E-state index in [4.69, 9.17) is 10.8 Å². The Morgan fingerprint density at radius 2 is 1.95 bits per heavy atom. The number of piperazine rings is 1. The molecule has 2 amide bonds. The van der Waals surface area contributed by atoms with Crippen molar-refractivity contribution in [2.24, 2.45) is 5.73 Å². The molecule has 1 aliphatic rings. The van der Waals surface area contributed by atoms with Crippen LogP contribution >= 0.6 is 0 Å². The van der Waals surface area contributed by atoms with Crippen molar-refractivity contribution in [3.63, 3.8) is 0 Å². The van der Waals surface area contributed by atoms with Crippen LogP contribution in [0.25, 0.3) is 0 Å². The van der Waals surface area contributed by atoms with Gasteiger partial charge < -0.3 is 20.6 Å². The average Bonchev–Trinajstić information content (AvgIpc) is 2.44. The van der Waals surface area contributed by atoms with Crippen molar-refractivity contribution >= 4 is 23.5 Å². The van der Waals surface area contributed by atoms with Gasteiger partial charge in [-0.05, 0) is 11.6 Å². The highest BCUT2D eigenvalue weighted by molar-refractivity contribution is 6.41. The molecule has 1 unspecified atom stereocenters. The number of hydrogen-bond donors (Lipinski definition) is 2. The van der Waals surface area contributed by atoms with Gasteiger partial charge in [-0.25, -0.2) is 0 Å². The molecule has 0 radical (unpaired) electrons. The van der Waals surface area contributed by atoms with Gasteiger partial charge in [0.1, 0.15) is 0 Å². The molecule has 1 aromatic rings. The summed E-state index contributed by atoms with van der Waals surface area (Å²) < 4.78 is 0. The third-order valence-corrected chi connectivity index (χ3v) is 3.46. The minimum atomic E-state index is -1.02. The van der Waals surface area contributed by atoms with Gasteiger partial charge >= 0.3 is 17.8 Å². The number of amides is 2. The van der Waals surface area contributed by atoms with Crippen LogP contribution in [0.1, 0.15) is 18.0 Å². The summed E-state index contributed by atoms with van der Waals surface area (Å²) in [6, 6.07) is 6.07. The minimum Gasteiger partial charge on any atom is -0.481 e. The van der Waals surface area contributed by atoms with Crippen molar-refractivity contribution in [2.75, 3.05) is 25.0 Å². The lowest BCUT2D eigenvalue weighted by Gasteiger charge is -2.33. The fraction of sp³-hybridized carbons (Fsp3) is 0.357. The summed E-state index contributed by atoms with van der Waals surface area (Å²) in [5.41, 5.74) is 6.94. The highest BCUT2D eigenvalue weighted by atomic mass is 16.4. The predicted octanol–water partition coefficient (Wildman–Crippen LogP) is -0.0339. The Hall–Kier alpha value is -2.41. The van der Waals surface area contributed by atoms with Gasteiger partial charge in [-0.3, -0.25) is 14.4 Å². The predicted molar refractivity (Wildman–Crippen MR) is 75.6 cm³/mol. The topological polar surface area (TPSA) is 104 Å². The molecule has 7 heteroatoms. The van der Waals surface area contributed by atoms with Crippen LogP contribution in [-0.4, -0.2) is 47.9 Å². The van der Waals surface area contributed by atoms with Crippen molar-refractivity contribution in [3.05, 3.63) is 29.8 Å². The van der Waals surface area contributed by atoms with Gasteiger partial charge in [0.2, 0.25) is 0 Å². The van der Waals surface area contributed by atoms with Gasteiger partial charge in [0.05, 0.1) is 6.42 Å². The van der Waals surface area contributed by atoms with Gasteiger partial charge in [0, 0.05) is 31.9 Å². The SMILES string of the molecule is CN1CCN(c2ccccc2C(N)CC(=O)O)C(=O)C1=O. The maximum Gasteiger partial charge on any atom is 0.316 e. The molecular formula is C14H17N3O4. The first kappa shape index (κ1) is 15.0. The van der Waals surface area contributed by atoms with E-state index in [1.807, 2.05) is 0 Å². The zero-order valence-corrected chi connectivity index (χ0v) is 11.7. The Bertz CT molecular complexity index is 587. The third kappa shape index (κ3) is 3.03. The van der Waals surface area contributed by atoms with E-state index in [2.05, 4.69) is 0 Å². The van der Waals surface area contributed by atoms with Gasteiger partial charge in [0.25, 0.3) is 0 Å². The molecule has 2 rings (SSSR count). The highest BCUT2D eigenvalue weighted by Gasteiger charge is 2.32. The lowest BCUT2D eigenvalue weighted by atomic mass is 10.0. The Balaban J connectivity index is 2.34. The summed E-state index contributed by atoms with van der Waals surface area (Å²) in [6.45, 7) is 0.783. The lowest BCUT2D eigenvalue weighted by Crippen LogP contribution is -2.53. The molecule has 7 nitrogen and oxygen atoms in total. The summed E-state index contributed by atoms with van der Waals surface area (Å²) in [5.74, 6) is -2.22. The zero-order chi connectivity index (χ0) is 15.6.